The lowest BCUT2D eigenvalue weighted by molar-refractivity contribution is 0.628. The molecule has 0 spiro atoms. The molecule has 0 saturated heterocycles. The van der Waals surface area contributed by atoms with Crippen LogP contribution in [0.4, 0.5) is 15.8 Å². The van der Waals surface area contributed by atoms with Gasteiger partial charge in [0.2, 0.25) is 0 Å². The van der Waals surface area contributed by atoms with Gasteiger partial charge in [-0.2, -0.15) is 0 Å². The topological polar surface area (TPSA) is 6.48 Å². The highest BCUT2D eigenvalue weighted by atomic mass is 35.5. The van der Waals surface area contributed by atoms with Crippen LogP contribution in [-0.4, -0.2) is 13.1 Å². The van der Waals surface area contributed by atoms with Crippen LogP contribution in [0.2, 0.25) is 5.02 Å². The van der Waals surface area contributed by atoms with Gasteiger partial charge in [-0.3, -0.25) is 0 Å². The molecule has 1 aliphatic rings. The highest BCUT2D eigenvalue weighted by Gasteiger charge is 2.24. The molecule has 0 saturated carbocycles. The van der Waals surface area contributed by atoms with Crippen molar-refractivity contribution in [3.05, 3.63) is 80.7 Å². The van der Waals surface area contributed by atoms with Crippen LogP contribution < -0.4 is 9.80 Å². The summed E-state index contributed by atoms with van der Waals surface area (Å²) < 4.78 is 13.6. The van der Waals surface area contributed by atoms with Crippen molar-refractivity contribution in [1.82, 2.24) is 0 Å². The van der Waals surface area contributed by atoms with E-state index in [0.29, 0.717) is 29.7 Å². The summed E-state index contributed by atoms with van der Waals surface area (Å²) in [7, 11) is 0. The van der Waals surface area contributed by atoms with Gasteiger partial charge in [0.25, 0.3) is 0 Å². The summed E-state index contributed by atoms with van der Waals surface area (Å²) in [6.45, 7) is 5.79. The van der Waals surface area contributed by atoms with Crippen LogP contribution in [-0.2, 0) is 6.54 Å². The lowest BCUT2D eigenvalue weighted by Crippen LogP contribution is -2.31. The first-order chi connectivity index (χ1) is 12.9. The highest BCUT2D eigenvalue weighted by molar-refractivity contribution is 6.35. The van der Waals surface area contributed by atoms with Crippen LogP contribution >= 0.6 is 34.8 Å². The van der Waals surface area contributed by atoms with Gasteiger partial charge in [-0.1, -0.05) is 59.1 Å². The maximum absolute atomic E-state index is 13.6. The molecule has 0 bridgehead atoms. The minimum atomic E-state index is -0.417. The number of nitrogens with zero attached hydrogens (tertiary/aromatic N) is 2. The van der Waals surface area contributed by atoms with E-state index in [1.165, 1.54) is 6.07 Å². The van der Waals surface area contributed by atoms with E-state index in [9.17, 15) is 4.39 Å². The highest BCUT2D eigenvalue weighted by Crippen LogP contribution is 2.35. The Morgan fingerprint density at radius 1 is 1.11 bits per heavy atom. The molecule has 6 heteroatoms. The predicted molar refractivity (Wildman–Crippen MR) is 114 cm³/mol. The molecule has 0 atom stereocenters. The van der Waals surface area contributed by atoms with Gasteiger partial charge in [0.1, 0.15) is 5.82 Å². The summed E-state index contributed by atoms with van der Waals surface area (Å²) in [5.74, 6) is -0.417. The van der Waals surface area contributed by atoms with E-state index in [-0.39, 0.29) is 5.02 Å². The fourth-order valence-corrected chi connectivity index (χ4v) is 3.95. The van der Waals surface area contributed by atoms with Crippen molar-refractivity contribution < 1.29 is 4.39 Å². The second kappa shape index (κ2) is 8.55. The van der Waals surface area contributed by atoms with Crippen LogP contribution in [0, 0.1) is 5.82 Å². The van der Waals surface area contributed by atoms with Crippen molar-refractivity contribution in [2.45, 2.75) is 20.4 Å². The second-order valence-corrected chi connectivity index (χ2v) is 7.70. The largest absolute Gasteiger partial charge is 0.365 e. The molecule has 0 unspecified atom stereocenters. The third kappa shape index (κ3) is 4.26. The van der Waals surface area contributed by atoms with Crippen molar-refractivity contribution in [3.8, 4) is 0 Å². The number of hydrogen-bond donors (Lipinski definition) is 0. The monoisotopic (exact) mass is 424 g/mol. The lowest BCUT2D eigenvalue weighted by Gasteiger charge is -2.28. The first-order valence-electron chi connectivity index (χ1n) is 8.66. The lowest BCUT2D eigenvalue weighted by atomic mass is 10.1. The van der Waals surface area contributed by atoms with Gasteiger partial charge < -0.3 is 9.80 Å². The van der Waals surface area contributed by atoms with Gasteiger partial charge in [-0.05, 0) is 43.7 Å². The molecule has 1 aliphatic heterocycles. The first kappa shape index (κ1) is 20.1. The van der Waals surface area contributed by atoms with Crippen molar-refractivity contribution in [1.29, 1.82) is 0 Å². The number of fused-ring (bicyclic) bond motifs is 1. The standard InChI is InChI=1S/C21H20Cl3FN2/c1-3-17(23)21(14(2)22)27-11-10-26(13-15-6-4-5-7-20(15)27)16-8-9-19(25)18(24)12-16/h3-9,12H,10-11,13H2,1-2H3/b17-3+,21-14-. The minimum absolute atomic E-state index is 0.121. The van der Waals surface area contributed by atoms with Crippen molar-refractivity contribution >= 4 is 46.2 Å². The fourth-order valence-electron chi connectivity index (χ4n) is 3.28. The van der Waals surface area contributed by atoms with Crippen LogP contribution in [0.15, 0.2) is 64.3 Å². The zero-order chi connectivity index (χ0) is 19.6. The van der Waals surface area contributed by atoms with Gasteiger partial charge in [-0.25, -0.2) is 4.39 Å². The average molecular weight is 426 g/mol. The molecule has 142 valence electrons. The summed E-state index contributed by atoms with van der Waals surface area (Å²) >= 11 is 18.9. The van der Waals surface area contributed by atoms with E-state index in [2.05, 4.69) is 21.9 Å². The quantitative estimate of drug-likeness (QED) is 0.492. The van der Waals surface area contributed by atoms with Gasteiger partial charge in [0, 0.05) is 36.0 Å². The van der Waals surface area contributed by atoms with E-state index in [0.717, 1.165) is 22.6 Å². The number of halogens is 4. The van der Waals surface area contributed by atoms with Gasteiger partial charge in [0.15, 0.2) is 0 Å². The van der Waals surface area contributed by atoms with Gasteiger partial charge in [-0.15, -0.1) is 0 Å². The molecule has 3 rings (SSSR count). The number of allylic oxidation sites excluding steroid dienone is 3. The molecule has 0 fully saturated rings. The Hall–Kier alpha value is -1.68. The number of para-hydroxylation sites is 1. The SMILES string of the molecule is C/C=C(Cl)\C(=C(/C)Cl)N1CCN(c2ccc(F)c(Cl)c2)Cc2ccccc21. The molecular weight excluding hydrogens is 406 g/mol. The van der Waals surface area contributed by atoms with Crippen molar-refractivity contribution in [3.63, 3.8) is 0 Å². The molecule has 1 heterocycles. The smallest absolute Gasteiger partial charge is 0.141 e. The molecular formula is C21H20Cl3FN2. The first-order valence-corrected chi connectivity index (χ1v) is 9.79. The molecule has 0 amide bonds. The van der Waals surface area contributed by atoms with E-state index >= 15 is 0 Å². The third-order valence-corrected chi connectivity index (χ3v) is 5.45. The zero-order valence-electron chi connectivity index (χ0n) is 15.1. The Balaban J connectivity index is 2.04. The van der Waals surface area contributed by atoms with Crippen LogP contribution in [0.3, 0.4) is 0 Å². The second-order valence-electron chi connectivity index (χ2n) is 6.32. The summed E-state index contributed by atoms with van der Waals surface area (Å²) in [6, 6.07) is 13.0. The molecule has 2 nitrogen and oxygen atoms in total. The zero-order valence-corrected chi connectivity index (χ0v) is 17.4. The molecule has 0 radical (unpaired) electrons. The van der Waals surface area contributed by atoms with Gasteiger partial charge >= 0.3 is 0 Å². The molecule has 0 N–H and O–H groups in total. The Bertz CT molecular complexity index is 904. The third-order valence-electron chi connectivity index (χ3n) is 4.58. The molecule has 2 aromatic rings. The molecule has 2 aromatic carbocycles. The van der Waals surface area contributed by atoms with Crippen LogP contribution in [0.1, 0.15) is 19.4 Å². The molecule has 0 aliphatic carbocycles. The number of hydrogen-bond acceptors (Lipinski definition) is 2. The Morgan fingerprint density at radius 2 is 1.85 bits per heavy atom. The van der Waals surface area contributed by atoms with E-state index in [4.69, 9.17) is 34.8 Å². The number of benzene rings is 2. The Labute approximate surface area is 174 Å². The normalized spacial score (nSPS) is 16.0. The molecule has 27 heavy (non-hydrogen) atoms. The minimum Gasteiger partial charge on any atom is -0.365 e. The van der Waals surface area contributed by atoms with E-state index in [1.807, 2.05) is 32.1 Å². The maximum Gasteiger partial charge on any atom is 0.141 e. The average Bonchev–Trinajstić information content (AvgIpc) is 2.84. The fraction of sp³-hybridized carbons (Fsp3) is 0.238. The molecule has 0 aromatic heterocycles. The Kier molecular flexibility index (Phi) is 6.36. The number of anilines is 2. The maximum atomic E-state index is 13.6. The summed E-state index contributed by atoms with van der Waals surface area (Å²) in [5, 5.41) is 1.36. The predicted octanol–water partition coefficient (Wildman–Crippen LogP) is 6.92. The van der Waals surface area contributed by atoms with Crippen LogP contribution in [0.25, 0.3) is 0 Å². The van der Waals surface area contributed by atoms with Crippen molar-refractivity contribution in [2.75, 3.05) is 22.9 Å². The van der Waals surface area contributed by atoms with E-state index < -0.39 is 5.82 Å². The van der Waals surface area contributed by atoms with E-state index in [1.54, 1.807) is 12.1 Å². The summed E-state index contributed by atoms with van der Waals surface area (Å²) in [4.78, 5) is 4.32. The van der Waals surface area contributed by atoms with Gasteiger partial charge in [0.05, 0.1) is 15.8 Å². The Morgan fingerprint density at radius 3 is 2.52 bits per heavy atom. The summed E-state index contributed by atoms with van der Waals surface area (Å²) in [6.07, 6.45) is 1.84. The van der Waals surface area contributed by atoms with Crippen LogP contribution in [0.5, 0.6) is 0 Å². The van der Waals surface area contributed by atoms with Crippen molar-refractivity contribution in [2.24, 2.45) is 0 Å². The summed E-state index contributed by atoms with van der Waals surface area (Å²) in [5.41, 5.74) is 3.87. The number of rotatable bonds is 3.